The lowest BCUT2D eigenvalue weighted by Crippen LogP contribution is -2.55. The fourth-order valence-corrected chi connectivity index (χ4v) is 5.22. The van der Waals surface area contributed by atoms with E-state index in [1.165, 1.54) is 0 Å². The lowest BCUT2D eigenvalue weighted by Gasteiger charge is -2.48. The molecule has 0 aromatic rings. The van der Waals surface area contributed by atoms with Gasteiger partial charge in [0.2, 0.25) is 5.91 Å². The third kappa shape index (κ3) is 2.56. The van der Waals surface area contributed by atoms with E-state index in [0.29, 0.717) is 39.1 Å². The molecule has 3 aliphatic carbocycles. The lowest BCUT2D eigenvalue weighted by atomic mass is 9.58. The number of carboxylic acids is 1. The molecule has 2 atom stereocenters. The summed E-state index contributed by atoms with van der Waals surface area (Å²) in [6.45, 7) is 2.47. The van der Waals surface area contributed by atoms with E-state index in [4.69, 9.17) is 9.47 Å². The number of likely N-dealkylation sites (tertiary alicyclic amines) is 1. The first-order chi connectivity index (χ1) is 11.1. The molecule has 23 heavy (non-hydrogen) atoms. The fourth-order valence-electron chi connectivity index (χ4n) is 5.22. The molecular formula is C17H25NO5. The average molecular weight is 323 g/mol. The SMILES string of the molecule is O=C(O)[C@@H]1C2CCC(CC2)[C@H]1C(=O)N1CCC2(CC1)OCCO2. The van der Waals surface area contributed by atoms with Gasteiger partial charge < -0.3 is 19.5 Å². The van der Waals surface area contributed by atoms with Gasteiger partial charge in [-0.1, -0.05) is 0 Å². The van der Waals surface area contributed by atoms with Crippen LogP contribution in [0.4, 0.5) is 0 Å². The fraction of sp³-hybridized carbons (Fsp3) is 0.882. The van der Waals surface area contributed by atoms with E-state index >= 15 is 0 Å². The number of carbonyl (C=O) groups is 2. The van der Waals surface area contributed by atoms with Crippen molar-refractivity contribution in [1.29, 1.82) is 0 Å². The van der Waals surface area contributed by atoms with Gasteiger partial charge in [0.05, 0.1) is 25.0 Å². The number of hydrogen-bond acceptors (Lipinski definition) is 4. The maximum absolute atomic E-state index is 13.0. The molecule has 5 fully saturated rings. The molecule has 0 aromatic heterocycles. The van der Waals surface area contributed by atoms with Gasteiger partial charge in [0, 0.05) is 25.9 Å². The first-order valence-electron chi connectivity index (χ1n) is 8.89. The zero-order valence-electron chi connectivity index (χ0n) is 13.4. The van der Waals surface area contributed by atoms with Gasteiger partial charge in [-0.2, -0.15) is 0 Å². The number of carboxylic acid groups (broad SMARTS) is 1. The van der Waals surface area contributed by atoms with Crippen LogP contribution in [0.2, 0.25) is 0 Å². The molecule has 2 heterocycles. The summed E-state index contributed by atoms with van der Waals surface area (Å²) in [5.41, 5.74) is 0. The summed E-state index contributed by atoms with van der Waals surface area (Å²) in [5, 5.41) is 9.63. The predicted molar refractivity (Wildman–Crippen MR) is 80.5 cm³/mol. The highest BCUT2D eigenvalue weighted by atomic mass is 16.7. The number of piperidine rings is 1. The molecule has 6 nitrogen and oxygen atoms in total. The van der Waals surface area contributed by atoms with Crippen molar-refractivity contribution in [3.8, 4) is 0 Å². The van der Waals surface area contributed by atoms with Gasteiger partial charge in [-0.05, 0) is 37.5 Å². The third-order valence-corrected chi connectivity index (χ3v) is 6.44. The Labute approximate surface area is 136 Å². The molecule has 5 rings (SSSR count). The molecule has 1 amide bonds. The Balaban J connectivity index is 1.47. The van der Waals surface area contributed by atoms with Crippen LogP contribution in [0.25, 0.3) is 0 Å². The van der Waals surface area contributed by atoms with Gasteiger partial charge in [0.1, 0.15) is 0 Å². The Morgan fingerprint density at radius 1 is 0.913 bits per heavy atom. The van der Waals surface area contributed by atoms with E-state index < -0.39 is 17.7 Å². The predicted octanol–water partition coefficient (Wildman–Crippen LogP) is 1.49. The molecule has 0 radical (unpaired) electrons. The highest BCUT2D eigenvalue weighted by molar-refractivity contribution is 5.85. The first-order valence-corrected chi connectivity index (χ1v) is 8.89. The van der Waals surface area contributed by atoms with E-state index in [1.54, 1.807) is 0 Å². The van der Waals surface area contributed by atoms with Gasteiger partial charge in [-0.3, -0.25) is 9.59 Å². The number of aliphatic carboxylic acids is 1. The highest BCUT2D eigenvalue weighted by Crippen LogP contribution is 2.50. The number of hydrogen-bond donors (Lipinski definition) is 1. The topological polar surface area (TPSA) is 76.1 Å². The van der Waals surface area contributed by atoms with Crippen LogP contribution in [0.5, 0.6) is 0 Å². The van der Waals surface area contributed by atoms with Gasteiger partial charge in [0.25, 0.3) is 0 Å². The Hall–Kier alpha value is -1.14. The molecule has 6 heteroatoms. The number of nitrogens with zero attached hydrogens (tertiary/aromatic N) is 1. The van der Waals surface area contributed by atoms with E-state index in [0.717, 1.165) is 25.7 Å². The van der Waals surface area contributed by atoms with Crippen molar-refractivity contribution in [3.63, 3.8) is 0 Å². The quantitative estimate of drug-likeness (QED) is 0.833. The molecule has 2 bridgehead atoms. The number of fused-ring (bicyclic) bond motifs is 3. The molecule has 5 aliphatic rings. The highest BCUT2D eigenvalue weighted by Gasteiger charge is 2.52. The summed E-state index contributed by atoms with van der Waals surface area (Å²) in [6.07, 6.45) is 5.34. The van der Waals surface area contributed by atoms with Crippen molar-refractivity contribution < 1.29 is 24.2 Å². The Bertz CT molecular complexity index is 483. The minimum absolute atomic E-state index is 0.0552. The molecule has 0 aromatic carbocycles. The van der Waals surface area contributed by atoms with Crippen molar-refractivity contribution >= 4 is 11.9 Å². The largest absolute Gasteiger partial charge is 0.481 e. The van der Waals surface area contributed by atoms with Gasteiger partial charge >= 0.3 is 5.97 Å². The van der Waals surface area contributed by atoms with E-state index in [1.807, 2.05) is 4.90 Å². The van der Waals surface area contributed by atoms with Gasteiger partial charge in [-0.25, -0.2) is 0 Å². The third-order valence-electron chi connectivity index (χ3n) is 6.44. The first kappa shape index (κ1) is 15.4. The normalized spacial score (nSPS) is 38.9. The summed E-state index contributed by atoms with van der Waals surface area (Å²) >= 11 is 0. The standard InChI is InChI=1S/C17H25NO5/c19-15(18-7-5-17(6-8-18)22-9-10-23-17)13-11-1-3-12(4-2-11)14(13)16(20)21/h11-14H,1-10H2,(H,20,21)/t11?,12?,13-,14-/m1/s1. The van der Waals surface area contributed by atoms with E-state index in [9.17, 15) is 14.7 Å². The van der Waals surface area contributed by atoms with Crippen LogP contribution in [0, 0.1) is 23.7 Å². The number of carbonyl (C=O) groups excluding carboxylic acids is 1. The van der Waals surface area contributed by atoms with E-state index in [2.05, 4.69) is 0 Å². The minimum Gasteiger partial charge on any atom is -0.481 e. The molecule has 0 unspecified atom stereocenters. The number of amides is 1. The molecule has 1 N–H and O–H groups in total. The van der Waals surface area contributed by atoms with Crippen molar-refractivity contribution in [2.45, 2.75) is 44.3 Å². The number of rotatable bonds is 2. The maximum Gasteiger partial charge on any atom is 0.307 e. The summed E-state index contributed by atoms with van der Waals surface area (Å²) < 4.78 is 11.4. The van der Waals surface area contributed by atoms with Crippen molar-refractivity contribution in [3.05, 3.63) is 0 Å². The van der Waals surface area contributed by atoms with Crippen LogP contribution in [-0.2, 0) is 19.1 Å². The van der Waals surface area contributed by atoms with Crippen LogP contribution >= 0.6 is 0 Å². The second kappa shape index (κ2) is 5.74. The smallest absolute Gasteiger partial charge is 0.307 e. The Morgan fingerprint density at radius 3 is 1.96 bits per heavy atom. The summed E-state index contributed by atoms with van der Waals surface area (Å²) in [5.74, 6) is -1.58. The lowest BCUT2D eigenvalue weighted by molar-refractivity contribution is -0.191. The van der Waals surface area contributed by atoms with Crippen LogP contribution in [0.1, 0.15) is 38.5 Å². The zero-order valence-corrected chi connectivity index (χ0v) is 13.4. The van der Waals surface area contributed by atoms with Crippen LogP contribution in [0.3, 0.4) is 0 Å². The average Bonchev–Trinajstić information content (AvgIpc) is 3.03. The maximum atomic E-state index is 13.0. The van der Waals surface area contributed by atoms with Crippen molar-refractivity contribution in [2.24, 2.45) is 23.7 Å². The Kier molecular flexibility index (Phi) is 3.84. The Morgan fingerprint density at radius 2 is 1.43 bits per heavy atom. The molecule has 2 saturated heterocycles. The van der Waals surface area contributed by atoms with Crippen LogP contribution < -0.4 is 0 Å². The van der Waals surface area contributed by atoms with Gasteiger partial charge in [-0.15, -0.1) is 0 Å². The molecule has 1 spiro atoms. The zero-order chi connectivity index (χ0) is 16.0. The summed E-state index contributed by atoms with van der Waals surface area (Å²) in [6, 6.07) is 0. The number of ether oxygens (including phenoxy) is 2. The van der Waals surface area contributed by atoms with Gasteiger partial charge in [0.15, 0.2) is 5.79 Å². The van der Waals surface area contributed by atoms with Crippen LogP contribution in [-0.4, -0.2) is 54.0 Å². The molecule has 2 aliphatic heterocycles. The molecule has 128 valence electrons. The van der Waals surface area contributed by atoms with Crippen molar-refractivity contribution in [1.82, 2.24) is 4.90 Å². The second-order valence-corrected chi connectivity index (χ2v) is 7.50. The monoisotopic (exact) mass is 323 g/mol. The molecule has 3 saturated carbocycles. The van der Waals surface area contributed by atoms with E-state index in [-0.39, 0.29) is 23.7 Å². The second-order valence-electron chi connectivity index (χ2n) is 7.50. The minimum atomic E-state index is -0.784. The summed E-state index contributed by atoms with van der Waals surface area (Å²) in [4.78, 5) is 26.6. The van der Waals surface area contributed by atoms with Crippen molar-refractivity contribution in [2.75, 3.05) is 26.3 Å². The molecular weight excluding hydrogens is 298 g/mol. The summed E-state index contributed by atoms with van der Waals surface area (Å²) in [7, 11) is 0. The van der Waals surface area contributed by atoms with Crippen LogP contribution in [0.15, 0.2) is 0 Å².